The molecule has 1 aromatic heterocycles. The van der Waals surface area contributed by atoms with Crippen LogP contribution in [0.1, 0.15) is 24.8 Å². The van der Waals surface area contributed by atoms with Gasteiger partial charge >= 0.3 is 0 Å². The van der Waals surface area contributed by atoms with E-state index in [-0.39, 0.29) is 0 Å². The highest BCUT2D eigenvalue weighted by Gasteiger charge is 2.37. The molecule has 2 unspecified atom stereocenters. The highest BCUT2D eigenvalue weighted by atomic mass is 15.2. The van der Waals surface area contributed by atoms with Crippen LogP contribution in [0.15, 0.2) is 59.9 Å². The third kappa shape index (κ3) is 4.62. The fourth-order valence-corrected chi connectivity index (χ4v) is 2.93. The zero-order valence-corrected chi connectivity index (χ0v) is 13.8. The highest BCUT2D eigenvalue weighted by Crippen LogP contribution is 2.47. The summed E-state index contributed by atoms with van der Waals surface area (Å²) in [6.45, 7) is 5.73. The predicted octanol–water partition coefficient (Wildman–Crippen LogP) is 2.85. The first kappa shape index (κ1) is 15.7. The molecule has 23 heavy (non-hydrogen) atoms. The normalized spacial score (nSPS) is 20.3. The summed E-state index contributed by atoms with van der Waals surface area (Å²) >= 11 is 0. The lowest BCUT2D eigenvalue weighted by atomic mass is 10.1. The molecule has 1 heterocycles. The third-order valence-electron chi connectivity index (χ3n) is 4.31. The van der Waals surface area contributed by atoms with Crippen LogP contribution in [-0.4, -0.2) is 30.2 Å². The summed E-state index contributed by atoms with van der Waals surface area (Å²) in [6, 6.07) is 14.9. The fraction of sp³-hybridized carbons (Fsp3) is 0.421. The number of nitrogens with one attached hydrogen (secondary N) is 2. The first-order valence-electron chi connectivity index (χ1n) is 8.54. The van der Waals surface area contributed by atoms with E-state index >= 15 is 0 Å². The number of benzene rings is 1. The van der Waals surface area contributed by atoms with Gasteiger partial charge in [0.1, 0.15) is 0 Å². The van der Waals surface area contributed by atoms with Crippen molar-refractivity contribution in [3.63, 3.8) is 0 Å². The zero-order chi connectivity index (χ0) is 15.9. The van der Waals surface area contributed by atoms with Crippen molar-refractivity contribution in [1.29, 1.82) is 0 Å². The van der Waals surface area contributed by atoms with Crippen LogP contribution in [0.3, 0.4) is 0 Å². The molecule has 2 N–H and O–H groups in total. The second-order valence-electron chi connectivity index (χ2n) is 6.08. The van der Waals surface area contributed by atoms with E-state index < -0.39 is 0 Å². The lowest BCUT2D eigenvalue weighted by molar-refractivity contribution is 0.663. The van der Waals surface area contributed by atoms with Gasteiger partial charge < -0.3 is 15.2 Å². The summed E-state index contributed by atoms with van der Waals surface area (Å²) in [5.74, 6) is 2.32. The Morgan fingerprint density at radius 2 is 1.91 bits per heavy atom. The molecule has 0 saturated heterocycles. The average Bonchev–Trinajstić information content (AvgIpc) is 3.18. The van der Waals surface area contributed by atoms with Gasteiger partial charge in [-0.15, -0.1) is 0 Å². The van der Waals surface area contributed by atoms with Gasteiger partial charge in [-0.2, -0.15) is 0 Å². The van der Waals surface area contributed by atoms with E-state index in [1.807, 2.05) is 0 Å². The molecule has 1 aromatic carbocycles. The van der Waals surface area contributed by atoms with Gasteiger partial charge in [-0.25, -0.2) is 0 Å². The van der Waals surface area contributed by atoms with Gasteiger partial charge in [-0.05, 0) is 42.9 Å². The van der Waals surface area contributed by atoms with Gasteiger partial charge in [0.05, 0.1) is 0 Å². The Hall–Kier alpha value is -2.23. The number of hydrogen-bond acceptors (Lipinski definition) is 1. The Kier molecular flexibility index (Phi) is 5.35. The molecule has 0 aliphatic heterocycles. The van der Waals surface area contributed by atoms with Crippen molar-refractivity contribution in [2.75, 3.05) is 19.6 Å². The number of aromatic nitrogens is 1. The molecule has 0 bridgehead atoms. The second-order valence-corrected chi connectivity index (χ2v) is 6.08. The largest absolute Gasteiger partial charge is 0.357 e. The van der Waals surface area contributed by atoms with E-state index in [2.05, 4.69) is 77.0 Å². The molecule has 3 rings (SSSR count). The van der Waals surface area contributed by atoms with Crippen molar-refractivity contribution >= 4 is 5.96 Å². The second kappa shape index (κ2) is 7.86. The van der Waals surface area contributed by atoms with Crippen molar-refractivity contribution in [2.24, 2.45) is 10.9 Å². The van der Waals surface area contributed by atoms with Crippen LogP contribution < -0.4 is 10.6 Å². The van der Waals surface area contributed by atoms with Crippen LogP contribution in [0, 0.1) is 5.92 Å². The van der Waals surface area contributed by atoms with Crippen LogP contribution in [-0.2, 0) is 6.54 Å². The molecule has 0 radical (unpaired) electrons. The minimum Gasteiger partial charge on any atom is -0.357 e. The van der Waals surface area contributed by atoms with Crippen molar-refractivity contribution < 1.29 is 0 Å². The number of nitrogens with zero attached hydrogens (tertiary/aromatic N) is 2. The highest BCUT2D eigenvalue weighted by molar-refractivity contribution is 5.79. The van der Waals surface area contributed by atoms with E-state index in [0.717, 1.165) is 32.1 Å². The van der Waals surface area contributed by atoms with Crippen molar-refractivity contribution in [2.45, 2.75) is 25.8 Å². The predicted molar refractivity (Wildman–Crippen MR) is 95.7 cm³/mol. The summed E-state index contributed by atoms with van der Waals surface area (Å²) in [5.41, 5.74) is 1.46. The Morgan fingerprint density at radius 3 is 2.65 bits per heavy atom. The molecule has 1 aliphatic carbocycles. The van der Waals surface area contributed by atoms with E-state index in [1.54, 1.807) is 0 Å². The number of aliphatic imine (C=N–C) groups is 1. The monoisotopic (exact) mass is 310 g/mol. The van der Waals surface area contributed by atoms with Crippen LogP contribution >= 0.6 is 0 Å². The maximum Gasteiger partial charge on any atom is 0.191 e. The smallest absolute Gasteiger partial charge is 0.191 e. The summed E-state index contributed by atoms with van der Waals surface area (Å²) in [6.07, 6.45) is 5.43. The molecule has 0 amide bonds. The molecule has 4 heteroatoms. The van der Waals surface area contributed by atoms with E-state index in [4.69, 9.17) is 4.99 Å². The Balaban J connectivity index is 1.45. The Labute approximate surface area is 138 Å². The van der Waals surface area contributed by atoms with Gasteiger partial charge in [0.25, 0.3) is 0 Å². The molecule has 122 valence electrons. The summed E-state index contributed by atoms with van der Waals surface area (Å²) in [5, 5.41) is 6.74. The van der Waals surface area contributed by atoms with Crippen LogP contribution in [0.5, 0.6) is 0 Å². The lowest BCUT2D eigenvalue weighted by Gasteiger charge is -2.11. The quantitative estimate of drug-likeness (QED) is 0.610. The first-order valence-corrected chi connectivity index (χ1v) is 8.54. The van der Waals surface area contributed by atoms with Crippen molar-refractivity contribution in [1.82, 2.24) is 15.2 Å². The summed E-state index contributed by atoms with van der Waals surface area (Å²) < 4.78 is 2.17. The molecular formula is C19H26N4. The lowest BCUT2D eigenvalue weighted by Crippen LogP contribution is -2.39. The zero-order valence-electron chi connectivity index (χ0n) is 13.8. The molecule has 2 aromatic rings. The van der Waals surface area contributed by atoms with Crippen LogP contribution in [0.4, 0.5) is 0 Å². The molecule has 1 aliphatic rings. The van der Waals surface area contributed by atoms with Gasteiger partial charge in [-0.3, -0.25) is 4.99 Å². The van der Waals surface area contributed by atoms with Crippen molar-refractivity contribution in [3.8, 4) is 0 Å². The molecule has 1 fully saturated rings. The maximum absolute atomic E-state index is 4.76. The SMILES string of the molecule is CCNC(=NCC1CC1c1ccccc1)NCCn1cccc1. The van der Waals surface area contributed by atoms with E-state index in [0.29, 0.717) is 11.8 Å². The van der Waals surface area contributed by atoms with Gasteiger partial charge in [-0.1, -0.05) is 30.3 Å². The molecule has 2 atom stereocenters. The minimum atomic E-state index is 0.692. The van der Waals surface area contributed by atoms with E-state index in [9.17, 15) is 0 Å². The first-order chi connectivity index (χ1) is 11.4. The summed E-state index contributed by atoms with van der Waals surface area (Å²) in [4.78, 5) is 4.76. The van der Waals surface area contributed by atoms with Gasteiger partial charge in [0, 0.05) is 38.6 Å². The van der Waals surface area contributed by atoms with Gasteiger partial charge in [0.2, 0.25) is 0 Å². The number of hydrogen-bond donors (Lipinski definition) is 2. The number of rotatable bonds is 7. The average molecular weight is 310 g/mol. The van der Waals surface area contributed by atoms with Crippen LogP contribution in [0.2, 0.25) is 0 Å². The third-order valence-corrected chi connectivity index (χ3v) is 4.31. The summed E-state index contributed by atoms with van der Waals surface area (Å²) in [7, 11) is 0. The molecule has 1 saturated carbocycles. The standard InChI is InChI=1S/C19H26N4/c1-2-20-19(21-10-13-23-11-6-7-12-23)22-15-17-14-18(17)16-8-4-3-5-9-16/h3-9,11-12,17-18H,2,10,13-15H2,1H3,(H2,20,21,22). The molecular weight excluding hydrogens is 284 g/mol. The van der Waals surface area contributed by atoms with Gasteiger partial charge in [0.15, 0.2) is 5.96 Å². The van der Waals surface area contributed by atoms with Crippen molar-refractivity contribution in [3.05, 3.63) is 60.4 Å². The number of guanidine groups is 1. The Morgan fingerprint density at radius 1 is 1.13 bits per heavy atom. The van der Waals surface area contributed by atoms with Crippen LogP contribution in [0.25, 0.3) is 0 Å². The minimum absolute atomic E-state index is 0.692. The maximum atomic E-state index is 4.76. The fourth-order valence-electron chi connectivity index (χ4n) is 2.93. The van der Waals surface area contributed by atoms with E-state index in [1.165, 1.54) is 12.0 Å². The molecule has 4 nitrogen and oxygen atoms in total. The topological polar surface area (TPSA) is 41.4 Å². The molecule has 0 spiro atoms. The Bertz CT molecular complexity index is 604.